The highest BCUT2D eigenvalue weighted by molar-refractivity contribution is 6.09. The first-order chi connectivity index (χ1) is 11.3. The monoisotopic (exact) mass is 340 g/mol. The Bertz CT molecular complexity index is 982. The Labute approximate surface area is 134 Å². The second kappa shape index (κ2) is 5.65. The van der Waals surface area contributed by atoms with Crippen molar-refractivity contribution in [3.05, 3.63) is 45.4 Å². The molecule has 0 spiro atoms. The number of nitrogens with zero attached hydrogens (tertiary/aromatic N) is 1. The number of hydrogen-bond acceptors (Lipinski definition) is 1. The average molecular weight is 340 g/mol. The molecule has 0 saturated heterocycles. The van der Waals surface area contributed by atoms with Crippen LogP contribution in [0.4, 0.5) is 17.6 Å². The van der Waals surface area contributed by atoms with E-state index in [0.717, 1.165) is 5.69 Å². The molecule has 0 aliphatic carbocycles. The van der Waals surface area contributed by atoms with E-state index >= 15 is 0 Å². The molecule has 2 aromatic heterocycles. The standard InChI is InChI=1S/C17H16F4N2O/c1-9-10(2)23(7-3-6-18)13-5-4-12-16(15(9)13)11(17(19,20)21)8-14(24)22-12/h4-5,8H,3,6-7H2,1-2H3,(H,22,24). The number of aromatic nitrogens is 2. The quantitative estimate of drug-likeness (QED) is 0.702. The van der Waals surface area contributed by atoms with Gasteiger partial charge in [-0.25, -0.2) is 0 Å². The molecule has 7 heteroatoms. The number of rotatable bonds is 3. The second-order valence-electron chi connectivity index (χ2n) is 5.83. The van der Waals surface area contributed by atoms with Crippen LogP contribution in [0.1, 0.15) is 23.2 Å². The summed E-state index contributed by atoms with van der Waals surface area (Å²) in [5.74, 6) is 0. The van der Waals surface area contributed by atoms with Crippen LogP contribution in [0.25, 0.3) is 21.8 Å². The van der Waals surface area contributed by atoms with Gasteiger partial charge >= 0.3 is 6.18 Å². The molecule has 0 aliphatic heterocycles. The van der Waals surface area contributed by atoms with Crippen LogP contribution in [0, 0.1) is 13.8 Å². The van der Waals surface area contributed by atoms with Crippen LogP contribution in [0.5, 0.6) is 0 Å². The van der Waals surface area contributed by atoms with E-state index in [-0.39, 0.29) is 10.9 Å². The molecule has 0 saturated carbocycles. The van der Waals surface area contributed by atoms with Gasteiger partial charge in [0.2, 0.25) is 5.56 Å². The summed E-state index contributed by atoms with van der Waals surface area (Å²) >= 11 is 0. The molecule has 0 bridgehead atoms. The van der Waals surface area contributed by atoms with E-state index < -0.39 is 24.0 Å². The maximum absolute atomic E-state index is 13.5. The molecule has 0 unspecified atom stereocenters. The van der Waals surface area contributed by atoms with Crippen molar-refractivity contribution in [3.63, 3.8) is 0 Å². The van der Waals surface area contributed by atoms with Crippen molar-refractivity contribution < 1.29 is 17.6 Å². The van der Waals surface area contributed by atoms with Gasteiger partial charge in [-0.3, -0.25) is 9.18 Å². The third kappa shape index (κ3) is 2.48. The van der Waals surface area contributed by atoms with Crippen LogP contribution in [-0.4, -0.2) is 16.2 Å². The zero-order chi connectivity index (χ0) is 17.6. The Morgan fingerprint density at radius 1 is 1.17 bits per heavy atom. The van der Waals surface area contributed by atoms with Crippen LogP contribution in [0.2, 0.25) is 0 Å². The summed E-state index contributed by atoms with van der Waals surface area (Å²) < 4.78 is 54.7. The molecule has 24 heavy (non-hydrogen) atoms. The average Bonchev–Trinajstić information content (AvgIpc) is 2.75. The summed E-state index contributed by atoms with van der Waals surface area (Å²) in [5.41, 5.74) is 0.520. The molecule has 3 rings (SSSR count). The fraction of sp³-hybridized carbons (Fsp3) is 0.353. The van der Waals surface area contributed by atoms with Crippen LogP contribution < -0.4 is 5.56 Å². The van der Waals surface area contributed by atoms with Crippen LogP contribution in [-0.2, 0) is 12.7 Å². The summed E-state index contributed by atoms with van der Waals surface area (Å²) in [6, 6.07) is 3.74. The zero-order valence-electron chi connectivity index (χ0n) is 13.2. The molecular weight excluding hydrogens is 324 g/mol. The number of hydrogen-bond donors (Lipinski definition) is 1. The van der Waals surface area contributed by atoms with Gasteiger partial charge < -0.3 is 9.55 Å². The molecule has 3 nitrogen and oxygen atoms in total. The van der Waals surface area contributed by atoms with E-state index in [2.05, 4.69) is 4.98 Å². The van der Waals surface area contributed by atoms with Crippen molar-refractivity contribution in [3.8, 4) is 0 Å². The van der Waals surface area contributed by atoms with Gasteiger partial charge in [0, 0.05) is 40.1 Å². The van der Waals surface area contributed by atoms with Crippen LogP contribution >= 0.6 is 0 Å². The first-order valence-corrected chi connectivity index (χ1v) is 7.54. The van der Waals surface area contributed by atoms with Crippen molar-refractivity contribution >= 4 is 21.8 Å². The minimum absolute atomic E-state index is 0.0146. The molecule has 0 atom stereocenters. The van der Waals surface area contributed by atoms with Gasteiger partial charge in [0.15, 0.2) is 0 Å². The maximum atomic E-state index is 13.5. The molecule has 0 amide bonds. The first-order valence-electron chi connectivity index (χ1n) is 7.54. The third-order valence-corrected chi connectivity index (χ3v) is 4.42. The number of alkyl halides is 4. The smallest absolute Gasteiger partial charge is 0.344 e. The second-order valence-corrected chi connectivity index (χ2v) is 5.83. The Morgan fingerprint density at radius 3 is 2.50 bits per heavy atom. The highest BCUT2D eigenvalue weighted by atomic mass is 19.4. The fourth-order valence-corrected chi connectivity index (χ4v) is 3.25. The Balaban J connectivity index is 2.49. The number of nitrogens with one attached hydrogen (secondary N) is 1. The van der Waals surface area contributed by atoms with Gasteiger partial charge in [-0.05, 0) is 38.0 Å². The molecule has 1 aromatic carbocycles. The van der Waals surface area contributed by atoms with E-state index in [4.69, 9.17) is 0 Å². The number of aryl methyl sites for hydroxylation is 2. The molecule has 0 aliphatic rings. The first kappa shape index (κ1) is 16.5. The Kier molecular flexibility index (Phi) is 3.89. The molecule has 2 heterocycles. The number of fused-ring (bicyclic) bond motifs is 3. The predicted molar refractivity (Wildman–Crippen MR) is 85.1 cm³/mol. The van der Waals surface area contributed by atoms with Crippen molar-refractivity contribution in [2.75, 3.05) is 6.67 Å². The van der Waals surface area contributed by atoms with E-state index in [1.165, 1.54) is 6.07 Å². The number of benzene rings is 1. The fourth-order valence-electron chi connectivity index (χ4n) is 3.25. The van der Waals surface area contributed by atoms with Crippen molar-refractivity contribution in [1.29, 1.82) is 0 Å². The van der Waals surface area contributed by atoms with E-state index in [1.54, 1.807) is 19.9 Å². The highest BCUT2D eigenvalue weighted by Crippen LogP contribution is 2.39. The summed E-state index contributed by atoms with van der Waals surface area (Å²) in [6.07, 6.45) is -4.35. The zero-order valence-corrected chi connectivity index (χ0v) is 13.2. The molecule has 128 valence electrons. The summed E-state index contributed by atoms with van der Waals surface area (Å²) in [6.45, 7) is 3.45. The van der Waals surface area contributed by atoms with E-state index in [0.29, 0.717) is 35.5 Å². The normalized spacial score (nSPS) is 12.4. The minimum atomic E-state index is -4.64. The van der Waals surface area contributed by atoms with Crippen molar-refractivity contribution in [2.24, 2.45) is 0 Å². The largest absolute Gasteiger partial charge is 0.417 e. The predicted octanol–water partition coefficient (Wildman–Crippen LogP) is 4.48. The van der Waals surface area contributed by atoms with Crippen LogP contribution in [0.15, 0.2) is 23.0 Å². The molecule has 0 radical (unpaired) electrons. The van der Waals surface area contributed by atoms with Crippen LogP contribution in [0.3, 0.4) is 0 Å². The van der Waals surface area contributed by atoms with E-state index in [1.807, 2.05) is 4.57 Å². The van der Waals surface area contributed by atoms with Gasteiger partial charge in [-0.1, -0.05) is 0 Å². The summed E-state index contributed by atoms with van der Waals surface area (Å²) in [5, 5.41) is 0.437. The van der Waals surface area contributed by atoms with Crippen molar-refractivity contribution in [1.82, 2.24) is 9.55 Å². The SMILES string of the molecule is Cc1c(C)n(CCCF)c2ccc3[nH]c(=O)cc(C(F)(F)F)c3c12. The molecule has 1 N–H and O–H groups in total. The maximum Gasteiger partial charge on any atom is 0.417 e. The molecular formula is C17H16F4N2O. The minimum Gasteiger partial charge on any atom is -0.344 e. The number of halogens is 4. The van der Waals surface area contributed by atoms with Gasteiger partial charge in [-0.15, -0.1) is 0 Å². The third-order valence-electron chi connectivity index (χ3n) is 4.42. The van der Waals surface area contributed by atoms with Gasteiger partial charge in [0.1, 0.15) is 0 Å². The lowest BCUT2D eigenvalue weighted by Gasteiger charge is -2.12. The summed E-state index contributed by atoms with van der Waals surface area (Å²) in [4.78, 5) is 14.1. The van der Waals surface area contributed by atoms with Gasteiger partial charge in [0.25, 0.3) is 0 Å². The Hall–Kier alpha value is -2.31. The number of aromatic amines is 1. The van der Waals surface area contributed by atoms with Gasteiger partial charge in [-0.2, -0.15) is 13.2 Å². The Morgan fingerprint density at radius 2 is 1.88 bits per heavy atom. The van der Waals surface area contributed by atoms with Crippen molar-refractivity contribution in [2.45, 2.75) is 33.0 Å². The number of pyridine rings is 1. The summed E-state index contributed by atoms with van der Waals surface area (Å²) in [7, 11) is 0. The lowest BCUT2D eigenvalue weighted by Crippen LogP contribution is -2.14. The lowest BCUT2D eigenvalue weighted by atomic mass is 10.0. The number of H-pyrrole nitrogens is 1. The lowest BCUT2D eigenvalue weighted by molar-refractivity contribution is -0.136. The molecule has 3 aromatic rings. The topological polar surface area (TPSA) is 37.8 Å². The highest BCUT2D eigenvalue weighted by Gasteiger charge is 2.34. The van der Waals surface area contributed by atoms with Gasteiger partial charge in [0.05, 0.1) is 12.2 Å². The van der Waals surface area contributed by atoms with E-state index in [9.17, 15) is 22.4 Å². The molecule has 0 fully saturated rings.